The summed E-state index contributed by atoms with van der Waals surface area (Å²) < 4.78 is 12.9. The summed E-state index contributed by atoms with van der Waals surface area (Å²) in [5, 5.41) is 0. The molecule has 2 fully saturated rings. The average molecular weight is 763 g/mol. The van der Waals surface area contributed by atoms with Gasteiger partial charge in [-0.05, 0) is 68.0 Å². The number of H-pyrrole nitrogens is 2. The Kier molecular flexibility index (Phi) is 9.59. The summed E-state index contributed by atoms with van der Waals surface area (Å²) in [6, 6.07) is 15.9. The second-order valence-corrected chi connectivity index (χ2v) is 15.2. The Morgan fingerprint density at radius 3 is 1.89 bits per heavy atom. The first kappa shape index (κ1) is 36.4. The number of benzene rings is 3. The second kappa shape index (κ2) is 15.0. The fourth-order valence-electron chi connectivity index (χ4n) is 8.64. The highest BCUT2D eigenvalue weighted by Gasteiger charge is 2.37. The summed E-state index contributed by atoms with van der Waals surface area (Å²) in [4.78, 5) is 47.2. The summed E-state index contributed by atoms with van der Waals surface area (Å²) in [5.41, 5.74) is 21.8. The van der Waals surface area contributed by atoms with Gasteiger partial charge in [0.25, 0.3) is 0 Å². The maximum absolute atomic E-state index is 13.5. The normalized spacial score (nSPS) is 19.4. The Hall–Kier alpha value is -6.24. The zero-order chi connectivity index (χ0) is 39.2. The molecule has 12 heteroatoms. The Morgan fingerprint density at radius 2 is 1.35 bits per heavy atom. The molecule has 3 aromatic carbocycles. The van der Waals surface area contributed by atoms with E-state index in [0.29, 0.717) is 31.9 Å². The summed E-state index contributed by atoms with van der Waals surface area (Å²) in [7, 11) is 0. The molecule has 4 aliphatic rings. The minimum atomic E-state index is -0.821. The molecular weight excluding hydrogens is 717 g/mol. The number of carbonyl (C=O) groups is 2. The van der Waals surface area contributed by atoms with Gasteiger partial charge in [-0.1, -0.05) is 61.2 Å². The number of amides is 2. The Balaban J connectivity index is 0.935. The molecule has 290 valence electrons. The van der Waals surface area contributed by atoms with Gasteiger partial charge in [-0.25, -0.2) is 9.97 Å². The van der Waals surface area contributed by atoms with Crippen LogP contribution in [0.1, 0.15) is 79.1 Å². The topological polar surface area (TPSA) is 168 Å². The van der Waals surface area contributed by atoms with Crippen molar-refractivity contribution in [3.63, 3.8) is 0 Å². The summed E-state index contributed by atoms with van der Waals surface area (Å²) in [6.45, 7) is 7.96. The smallest absolute Gasteiger partial charge is 0.244 e. The van der Waals surface area contributed by atoms with Crippen molar-refractivity contribution in [3.8, 4) is 45.1 Å². The molecule has 0 radical (unpaired) electrons. The maximum Gasteiger partial charge on any atom is 0.244 e. The van der Waals surface area contributed by atoms with Crippen LogP contribution in [0, 0.1) is 0 Å². The van der Waals surface area contributed by atoms with Crippen molar-refractivity contribution in [3.05, 3.63) is 132 Å². The lowest BCUT2D eigenvalue weighted by atomic mass is 9.87. The van der Waals surface area contributed by atoms with Crippen LogP contribution in [-0.2, 0) is 22.8 Å². The largest absolute Gasteiger partial charge is 0.488 e. The first-order valence-corrected chi connectivity index (χ1v) is 19.6. The van der Waals surface area contributed by atoms with Gasteiger partial charge in [-0.15, -0.1) is 0 Å². The van der Waals surface area contributed by atoms with Crippen LogP contribution in [0.4, 0.5) is 0 Å². The molecule has 2 amide bonds. The van der Waals surface area contributed by atoms with Gasteiger partial charge in [0.2, 0.25) is 11.8 Å². The van der Waals surface area contributed by atoms with E-state index in [1.807, 2.05) is 77.7 Å². The molecule has 12 nitrogen and oxygen atoms in total. The minimum Gasteiger partial charge on any atom is -0.488 e. The first-order chi connectivity index (χ1) is 27.8. The molecule has 0 spiro atoms. The highest BCUT2D eigenvalue weighted by molar-refractivity contribution is 5.89. The third-order valence-corrected chi connectivity index (χ3v) is 11.6. The molecule has 2 aromatic heterocycles. The van der Waals surface area contributed by atoms with Gasteiger partial charge in [0.1, 0.15) is 48.4 Å². The Labute approximate surface area is 331 Å². The number of likely N-dealkylation sites (tertiary alicyclic amines) is 2. The number of nitrogens with zero attached hydrogens (tertiary/aromatic N) is 4. The summed E-state index contributed by atoms with van der Waals surface area (Å²) >= 11 is 0. The SMILES string of the molecule is C=C(/C=C\C=C/C)[C@@H](N)C(=O)N1CCC[C@H]1c1ncc(-c2cc3c4c(c2)OCc2cc(-c5cnc([C@@H]6CCCN6C(=O)[C@H](N)c6ccccc6)[nH]5)cc(c2-4)OC3)[nH]1. The average Bonchev–Trinajstić information content (AvgIpc) is 4.09. The lowest BCUT2D eigenvalue weighted by Gasteiger charge is -2.30. The molecule has 4 aliphatic heterocycles. The fraction of sp³-hybridized carbons (Fsp3) is 0.289. The predicted molar refractivity (Wildman–Crippen MR) is 218 cm³/mol. The number of nitrogens with one attached hydrogen (secondary N) is 2. The van der Waals surface area contributed by atoms with Crippen LogP contribution in [-0.4, -0.2) is 60.7 Å². The standard InChI is InChI=1S/C45H46N8O4/c1-3-4-6-11-26(2)40(46)44(54)52-16-9-14-34(52)42-48-22-32(50-42)28-18-30-24-57-37-21-29(19-31-25-56-36(20-28)38(30)39(31)37)33-23-49-43(51-33)35-15-10-17-53(35)45(55)41(47)27-12-7-5-8-13-27/h3-8,11-13,18-23,34-35,40-41H,2,9-10,14-17,24-25,46-47H2,1H3,(H,48,50)(H,49,51)/b4-3-,11-6-/t34-,35-,40+,41+/m0/s1. The van der Waals surface area contributed by atoms with E-state index in [9.17, 15) is 9.59 Å². The van der Waals surface area contributed by atoms with Gasteiger partial charge in [-0.3, -0.25) is 9.59 Å². The van der Waals surface area contributed by atoms with E-state index in [0.717, 1.165) is 99.2 Å². The van der Waals surface area contributed by atoms with Crippen molar-refractivity contribution in [2.45, 2.75) is 70.0 Å². The Bertz CT molecular complexity index is 2380. The number of ether oxygens (including phenoxy) is 2. The van der Waals surface area contributed by atoms with Crippen molar-refractivity contribution in [1.82, 2.24) is 29.7 Å². The predicted octanol–water partition coefficient (Wildman–Crippen LogP) is 6.96. The zero-order valence-electron chi connectivity index (χ0n) is 31.9. The monoisotopic (exact) mass is 762 g/mol. The van der Waals surface area contributed by atoms with E-state index in [2.05, 4.69) is 40.8 Å². The van der Waals surface area contributed by atoms with Gasteiger partial charge in [0.15, 0.2) is 0 Å². The summed E-state index contributed by atoms with van der Waals surface area (Å²) in [6.07, 6.45) is 14.4. The maximum atomic E-state index is 13.5. The highest BCUT2D eigenvalue weighted by atomic mass is 16.5. The molecule has 9 rings (SSSR count). The van der Waals surface area contributed by atoms with E-state index in [-0.39, 0.29) is 23.9 Å². The van der Waals surface area contributed by atoms with Gasteiger partial charge in [-0.2, -0.15) is 0 Å². The van der Waals surface area contributed by atoms with E-state index >= 15 is 0 Å². The van der Waals surface area contributed by atoms with E-state index in [1.54, 1.807) is 6.08 Å². The number of carbonyl (C=O) groups excluding carboxylic acids is 2. The van der Waals surface area contributed by atoms with Crippen LogP contribution in [0.5, 0.6) is 11.5 Å². The molecule has 0 aliphatic carbocycles. The number of hydrogen-bond donors (Lipinski definition) is 4. The van der Waals surface area contributed by atoms with Crippen LogP contribution >= 0.6 is 0 Å². The van der Waals surface area contributed by atoms with Gasteiger partial charge < -0.3 is 40.7 Å². The third kappa shape index (κ3) is 6.64. The van der Waals surface area contributed by atoms with Crippen LogP contribution in [0.3, 0.4) is 0 Å². The number of aromatic nitrogens is 4. The number of aromatic amines is 2. The molecule has 2 saturated heterocycles. The first-order valence-electron chi connectivity index (χ1n) is 19.6. The molecule has 0 saturated carbocycles. The van der Waals surface area contributed by atoms with Crippen molar-refractivity contribution in [1.29, 1.82) is 0 Å². The molecule has 6 heterocycles. The van der Waals surface area contributed by atoms with E-state index in [1.165, 1.54) is 0 Å². The van der Waals surface area contributed by atoms with Crippen LogP contribution in [0.15, 0.2) is 103 Å². The van der Waals surface area contributed by atoms with Crippen LogP contribution < -0.4 is 20.9 Å². The van der Waals surface area contributed by atoms with Crippen LogP contribution in [0.2, 0.25) is 0 Å². The number of allylic oxidation sites excluding steroid dienone is 3. The van der Waals surface area contributed by atoms with E-state index < -0.39 is 12.1 Å². The minimum absolute atomic E-state index is 0.0970. The third-order valence-electron chi connectivity index (χ3n) is 11.6. The Morgan fingerprint density at radius 1 is 0.807 bits per heavy atom. The van der Waals surface area contributed by atoms with Crippen molar-refractivity contribution < 1.29 is 19.1 Å². The quantitative estimate of drug-likeness (QED) is 0.111. The van der Waals surface area contributed by atoms with Crippen LogP contribution in [0.25, 0.3) is 33.6 Å². The fourth-order valence-corrected chi connectivity index (χ4v) is 8.64. The molecule has 5 aromatic rings. The molecule has 0 bridgehead atoms. The molecule has 0 unspecified atom stereocenters. The summed E-state index contributed by atoms with van der Waals surface area (Å²) in [5.74, 6) is 2.81. The number of imidazole rings is 2. The zero-order valence-corrected chi connectivity index (χ0v) is 31.9. The highest BCUT2D eigenvalue weighted by Crippen LogP contribution is 2.51. The van der Waals surface area contributed by atoms with Crippen molar-refractivity contribution in [2.75, 3.05) is 13.1 Å². The lowest BCUT2D eigenvalue weighted by molar-refractivity contribution is -0.134. The number of rotatable bonds is 10. The molecule has 57 heavy (non-hydrogen) atoms. The molecular formula is C45H46N8O4. The van der Waals surface area contributed by atoms with Gasteiger partial charge in [0.05, 0.1) is 35.9 Å². The van der Waals surface area contributed by atoms with Gasteiger partial charge in [0, 0.05) is 46.5 Å². The lowest BCUT2D eigenvalue weighted by Crippen LogP contribution is -2.44. The number of hydrogen-bond acceptors (Lipinski definition) is 8. The molecule has 4 atom stereocenters. The van der Waals surface area contributed by atoms with Crippen molar-refractivity contribution >= 4 is 11.8 Å². The second-order valence-electron chi connectivity index (χ2n) is 15.2. The molecule has 6 N–H and O–H groups in total. The van der Waals surface area contributed by atoms with Crippen molar-refractivity contribution in [2.24, 2.45) is 11.5 Å². The van der Waals surface area contributed by atoms with E-state index in [4.69, 9.17) is 30.9 Å². The number of nitrogens with two attached hydrogens (primary N) is 2. The van der Waals surface area contributed by atoms with Gasteiger partial charge >= 0.3 is 0 Å².